The Bertz CT molecular complexity index is 830. The van der Waals surface area contributed by atoms with Crippen LogP contribution in [0.5, 0.6) is 5.75 Å². The zero-order chi connectivity index (χ0) is 19.4. The smallest absolute Gasteiger partial charge is 0.254 e. The Hall–Kier alpha value is -2.82. The fraction of sp³-hybridized carbons (Fsp3) is 0.364. The maximum Gasteiger partial charge on any atom is 0.254 e. The molecular formula is C22H26N2O3. The maximum atomic E-state index is 12.9. The molecule has 5 heteroatoms. The third-order valence-corrected chi connectivity index (χ3v) is 5.20. The van der Waals surface area contributed by atoms with Gasteiger partial charge in [0.1, 0.15) is 5.75 Å². The summed E-state index contributed by atoms with van der Waals surface area (Å²) in [6.07, 6.45) is 3.05. The van der Waals surface area contributed by atoms with Crippen molar-refractivity contribution in [2.45, 2.75) is 38.6 Å². The Morgan fingerprint density at radius 2 is 1.89 bits per heavy atom. The maximum absolute atomic E-state index is 12.9. The van der Waals surface area contributed by atoms with Crippen LogP contribution >= 0.6 is 0 Å². The summed E-state index contributed by atoms with van der Waals surface area (Å²) in [5, 5.41) is 0. The van der Waals surface area contributed by atoms with Crippen LogP contribution in [0, 0.1) is 6.92 Å². The minimum absolute atomic E-state index is 0.0287. The number of primary amides is 1. The largest absolute Gasteiger partial charge is 0.497 e. The fourth-order valence-corrected chi connectivity index (χ4v) is 3.76. The van der Waals surface area contributed by atoms with Gasteiger partial charge in [-0.05, 0) is 67.1 Å². The number of ether oxygens (including phenoxy) is 1. The molecule has 1 heterocycles. The van der Waals surface area contributed by atoms with Gasteiger partial charge < -0.3 is 15.4 Å². The molecule has 2 N–H and O–H groups in total. The van der Waals surface area contributed by atoms with E-state index in [1.807, 2.05) is 54.3 Å². The van der Waals surface area contributed by atoms with Gasteiger partial charge in [-0.25, -0.2) is 0 Å². The summed E-state index contributed by atoms with van der Waals surface area (Å²) in [4.78, 5) is 26.1. The van der Waals surface area contributed by atoms with E-state index in [4.69, 9.17) is 10.5 Å². The van der Waals surface area contributed by atoms with E-state index in [1.54, 1.807) is 7.11 Å². The standard InChI is InChI=1S/C22H26N2O3/c1-15-13-19(27-2)10-11-20(15)16-6-8-17(9-7-16)22(26)24-12-4-3-5-18(24)14-21(23)25/h6-11,13,18H,3-5,12,14H2,1-2H3,(H2,23,25). The van der Waals surface area contributed by atoms with Crippen LogP contribution in [0.2, 0.25) is 0 Å². The first-order chi connectivity index (χ1) is 13.0. The molecule has 1 aliphatic heterocycles. The van der Waals surface area contributed by atoms with Crippen molar-refractivity contribution in [1.82, 2.24) is 4.90 Å². The third kappa shape index (κ3) is 4.30. The molecule has 3 rings (SSSR count). The minimum Gasteiger partial charge on any atom is -0.497 e. The minimum atomic E-state index is -0.356. The van der Waals surface area contributed by atoms with Gasteiger partial charge in [0, 0.05) is 24.6 Å². The van der Waals surface area contributed by atoms with Crippen molar-refractivity contribution in [3.05, 3.63) is 53.6 Å². The van der Waals surface area contributed by atoms with E-state index >= 15 is 0 Å². The molecule has 1 aliphatic rings. The SMILES string of the molecule is COc1ccc(-c2ccc(C(=O)N3CCCCC3CC(N)=O)cc2)c(C)c1. The van der Waals surface area contributed by atoms with Crippen molar-refractivity contribution in [3.63, 3.8) is 0 Å². The van der Waals surface area contributed by atoms with E-state index in [0.717, 1.165) is 41.7 Å². The Morgan fingerprint density at radius 1 is 1.15 bits per heavy atom. The highest BCUT2D eigenvalue weighted by molar-refractivity contribution is 5.95. The van der Waals surface area contributed by atoms with Crippen LogP contribution in [-0.2, 0) is 4.79 Å². The molecular weight excluding hydrogens is 340 g/mol. The van der Waals surface area contributed by atoms with Gasteiger partial charge in [-0.2, -0.15) is 0 Å². The van der Waals surface area contributed by atoms with Gasteiger partial charge in [0.2, 0.25) is 5.91 Å². The zero-order valence-corrected chi connectivity index (χ0v) is 15.9. The quantitative estimate of drug-likeness (QED) is 0.880. The Labute approximate surface area is 160 Å². The van der Waals surface area contributed by atoms with Crippen LogP contribution in [0.1, 0.15) is 41.6 Å². The molecule has 1 saturated heterocycles. The highest BCUT2D eigenvalue weighted by Crippen LogP contribution is 2.28. The van der Waals surface area contributed by atoms with Crippen molar-refractivity contribution in [1.29, 1.82) is 0 Å². The lowest BCUT2D eigenvalue weighted by Gasteiger charge is -2.35. The van der Waals surface area contributed by atoms with Gasteiger partial charge in [-0.15, -0.1) is 0 Å². The number of piperidine rings is 1. The lowest BCUT2D eigenvalue weighted by atomic mass is 9.96. The highest BCUT2D eigenvalue weighted by Gasteiger charge is 2.28. The number of hydrogen-bond acceptors (Lipinski definition) is 3. The second-order valence-electron chi connectivity index (χ2n) is 7.08. The van der Waals surface area contributed by atoms with Gasteiger partial charge in [-0.1, -0.05) is 18.2 Å². The van der Waals surface area contributed by atoms with Crippen molar-refractivity contribution in [3.8, 4) is 16.9 Å². The summed E-state index contributed by atoms with van der Waals surface area (Å²) >= 11 is 0. The molecule has 142 valence electrons. The van der Waals surface area contributed by atoms with Crippen molar-refractivity contribution < 1.29 is 14.3 Å². The van der Waals surface area contributed by atoms with Crippen molar-refractivity contribution >= 4 is 11.8 Å². The molecule has 0 radical (unpaired) electrons. The molecule has 1 fully saturated rings. The predicted octanol–water partition coefficient (Wildman–Crippen LogP) is 3.54. The first-order valence-electron chi connectivity index (χ1n) is 9.34. The highest BCUT2D eigenvalue weighted by atomic mass is 16.5. The molecule has 2 amide bonds. The number of hydrogen-bond donors (Lipinski definition) is 1. The number of amides is 2. The first-order valence-corrected chi connectivity index (χ1v) is 9.34. The Morgan fingerprint density at radius 3 is 2.52 bits per heavy atom. The number of carbonyl (C=O) groups excluding carboxylic acids is 2. The third-order valence-electron chi connectivity index (χ3n) is 5.20. The van der Waals surface area contributed by atoms with E-state index in [2.05, 4.69) is 0 Å². The monoisotopic (exact) mass is 366 g/mol. The molecule has 5 nitrogen and oxygen atoms in total. The van der Waals surface area contributed by atoms with Crippen LogP contribution in [0.4, 0.5) is 0 Å². The molecule has 1 atom stereocenters. The lowest BCUT2D eigenvalue weighted by molar-refractivity contribution is -0.119. The molecule has 0 aliphatic carbocycles. The molecule has 2 aromatic carbocycles. The molecule has 0 saturated carbocycles. The second-order valence-corrected chi connectivity index (χ2v) is 7.08. The summed E-state index contributed by atoms with van der Waals surface area (Å²) in [5.41, 5.74) is 9.28. The zero-order valence-electron chi connectivity index (χ0n) is 15.9. The van der Waals surface area contributed by atoms with Crippen LogP contribution in [0.3, 0.4) is 0 Å². The van der Waals surface area contributed by atoms with Gasteiger partial charge in [0.25, 0.3) is 5.91 Å². The molecule has 27 heavy (non-hydrogen) atoms. The van der Waals surface area contributed by atoms with E-state index in [9.17, 15) is 9.59 Å². The summed E-state index contributed by atoms with van der Waals surface area (Å²) in [7, 11) is 1.65. The lowest BCUT2D eigenvalue weighted by Crippen LogP contribution is -2.45. The average Bonchev–Trinajstić information content (AvgIpc) is 2.67. The number of benzene rings is 2. The Balaban J connectivity index is 1.80. The summed E-state index contributed by atoms with van der Waals surface area (Å²) in [6.45, 7) is 2.72. The molecule has 1 unspecified atom stereocenters. The van der Waals surface area contributed by atoms with E-state index in [1.165, 1.54) is 0 Å². The molecule has 0 aromatic heterocycles. The summed E-state index contributed by atoms with van der Waals surface area (Å²) in [6, 6.07) is 13.5. The molecule has 2 aromatic rings. The molecule has 0 bridgehead atoms. The summed E-state index contributed by atoms with van der Waals surface area (Å²) < 4.78 is 5.26. The molecule has 0 spiro atoms. The number of aryl methyl sites for hydroxylation is 1. The van der Waals surface area contributed by atoms with E-state index < -0.39 is 0 Å². The van der Waals surface area contributed by atoms with Gasteiger partial charge in [0.05, 0.1) is 7.11 Å². The van der Waals surface area contributed by atoms with Gasteiger partial charge >= 0.3 is 0 Å². The normalized spacial score (nSPS) is 16.8. The van der Waals surface area contributed by atoms with Crippen molar-refractivity contribution in [2.24, 2.45) is 5.73 Å². The number of methoxy groups -OCH3 is 1. The fourth-order valence-electron chi connectivity index (χ4n) is 3.76. The number of likely N-dealkylation sites (tertiary alicyclic amines) is 1. The van der Waals surface area contributed by atoms with Crippen LogP contribution in [0.25, 0.3) is 11.1 Å². The predicted molar refractivity (Wildman–Crippen MR) is 106 cm³/mol. The van der Waals surface area contributed by atoms with Gasteiger partial charge in [0.15, 0.2) is 0 Å². The van der Waals surface area contributed by atoms with Gasteiger partial charge in [-0.3, -0.25) is 9.59 Å². The van der Waals surface area contributed by atoms with E-state index in [-0.39, 0.29) is 24.3 Å². The second kappa shape index (κ2) is 8.25. The van der Waals surface area contributed by atoms with Crippen LogP contribution in [-0.4, -0.2) is 36.4 Å². The Kier molecular flexibility index (Phi) is 5.79. The number of carbonyl (C=O) groups is 2. The van der Waals surface area contributed by atoms with Crippen molar-refractivity contribution in [2.75, 3.05) is 13.7 Å². The number of rotatable bonds is 5. The topological polar surface area (TPSA) is 72.6 Å². The first kappa shape index (κ1) is 19.0. The van der Waals surface area contributed by atoms with Crippen LogP contribution < -0.4 is 10.5 Å². The van der Waals surface area contributed by atoms with Crippen LogP contribution in [0.15, 0.2) is 42.5 Å². The average molecular weight is 366 g/mol. The van der Waals surface area contributed by atoms with E-state index in [0.29, 0.717) is 12.1 Å². The number of nitrogens with two attached hydrogens (primary N) is 1. The number of nitrogens with zero attached hydrogens (tertiary/aromatic N) is 1. The summed E-state index contributed by atoms with van der Waals surface area (Å²) in [5.74, 6) is 0.442.